The second kappa shape index (κ2) is 11.4. The van der Waals surface area contributed by atoms with Gasteiger partial charge in [-0.2, -0.15) is 0 Å². The number of esters is 1. The minimum atomic E-state index is -0.864. The molecule has 0 heterocycles. The minimum Gasteiger partial charge on any atom is -0.508 e. The number of fused-ring (bicyclic) bond motifs is 5. The molecule has 41 heavy (non-hydrogen) atoms. The molecule has 3 saturated carbocycles. The molecular weight excluding hydrogens is 520 g/mol. The first-order valence-electron chi connectivity index (χ1n) is 15.3. The SMILES string of the molecule is CCOC(=O)[C@H](Cc1ccc(O)cc1)NC(=O)CO/N=C1\C=C2CC[C@@H]3[C@@H](CC[C@@]4(C)[C@@H]3CC[C@]4(C)O)[C@@]2(C)CC1. The molecule has 0 spiro atoms. The van der Waals surface area contributed by atoms with Gasteiger partial charge in [0, 0.05) is 6.42 Å². The molecule has 4 aliphatic carbocycles. The monoisotopic (exact) mass is 566 g/mol. The van der Waals surface area contributed by atoms with Crippen LogP contribution in [0.3, 0.4) is 0 Å². The summed E-state index contributed by atoms with van der Waals surface area (Å²) in [7, 11) is 0. The third-order valence-corrected chi connectivity index (χ3v) is 11.2. The van der Waals surface area contributed by atoms with Crippen molar-refractivity contribution in [3.8, 4) is 5.75 Å². The molecule has 224 valence electrons. The Morgan fingerprint density at radius 2 is 1.78 bits per heavy atom. The molecule has 4 aliphatic rings. The molecule has 1 amide bonds. The second-order valence-corrected chi connectivity index (χ2v) is 13.4. The molecule has 0 bridgehead atoms. The van der Waals surface area contributed by atoms with Crippen molar-refractivity contribution in [3.63, 3.8) is 0 Å². The van der Waals surface area contributed by atoms with Crippen LogP contribution < -0.4 is 5.32 Å². The molecule has 3 fully saturated rings. The van der Waals surface area contributed by atoms with Gasteiger partial charge >= 0.3 is 5.97 Å². The zero-order valence-corrected chi connectivity index (χ0v) is 24.9. The highest BCUT2D eigenvalue weighted by molar-refractivity contribution is 5.96. The van der Waals surface area contributed by atoms with Crippen LogP contribution in [0.5, 0.6) is 5.75 Å². The average molecular weight is 567 g/mol. The van der Waals surface area contributed by atoms with Crippen LogP contribution in [0.15, 0.2) is 41.1 Å². The van der Waals surface area contributed by atoms with Crippen molar-refractivity contribution in [1.82, 2.24) is 5.32 Å². The van der Waals surface area contributed by atoms with Crippen molar-refractivity contribution in [2.24, 2.45) is 33.7 Å². The van der Waals surface area contributed by atoms with E-state index < -0.39 is 23.5 Å². The summed E-state index contributed by atoms with van der Waals surface area (Å²) in [5.74, 6) is 1.07. The van der Waals surface area contributed by atoms with Gasteiger partial charge in [0.25, 0.3) is 5.91 Å². The van der Waals surface area contributed by atoms with Gasteiger partial charge in [-0.1, -0.05) is 36.7 Å². The summed E-state index contributed by atoms with van der Waals surface area (Å²) in [4.78, 5) is 30.6. The standard InChI is InChI=1S/C33H46N2O6/c1-5-40-30(38)28(18-21-6-9-24(36)10-7-21)34-29(37)20-41-35-23-12-15-31(2)22(19-23)8-11-25-26(31)13-16-32(3)27(25)14-17-33(32,4)39/h6-7,9-10,19,25-28,36,39H,5,8,11-18,20H2,1-4H3,(H,34,37)/b35-23-/t25-,26-,27-,28+,31+,32+,33+/m1/s1. The molecule has 1 aromatic rings. The number of hydrogen-bond acceptors (Lipinski definition) is 7. The lowest BCUT2D eigenvalue weighted by molar-refractivity contribution is -0.147. The van der Waals surface area contributed by atoms with E-state index in [2.05, 4.69) is 37.3 Å². The summed E-state index contributed by atoms with van der Waals surface area (Å²) >= 11 is 0. The molecule has 1 aromatic carbocycles. The number of phenols is 1. The van der Waals surface area contributed by atoms with Crippen molar-refractivity contribution < 1.29 is 29.4 Å². The Kier molecular flexibility index (Phi) is 8.25. The van der Waals surface area contributed by atoms with E-state index >= 15 is 0 Å². The highest BCUT2D eigenvalue weighted by Gasteiger charge is 2.62. The minimum absolute atomic E-state index is 0.0256. The predicted octanol–water partition coefficient (Wildman–Crippen LogP) is 5.07. The first-order chi connectivity index (χ1) is 19.5. The summed E-state index contributed by atoms with van der Waals surface area (Å²) in [6, 6.07) is 5.63. The van der Waals surface area contributed by atoms with Crippen LogP contribution in [0.25, 0.3) is 0 Å². The maximum absolute atomic E-state index is 12.7. The van der Waals surface area contributed by atoms with Crippen molar-refractivity contribution in [1.29, 1.82) is 0 Å². The van der Waals surface area contributed by atoms with E-state index in [-0.39, 0.29) is 36.2 Å². The normalized spacial score (nSPS) is 35.9. The molecule has 5 rings (SSSR count). The summed E-state index contributed by atoms with van der Waals surface area (Å²) in [6.45, 7) is 8.45. The lowest BCUT2D eigenvalue weighted by atomic mass is 9.46. The predicted molar refractivity (Wildman–Crippen MR) is 156 cm³/mol. The molecule has 0 radical (unpaired) electrons. The van der Waals surface area contributed by atoms with Crippen LogP contribution in [0, 0.1) is 28.6 Å². The van der Waals surface area contributed by atoms with E-state index in [9.17, 15) is 19.8 Å². The van der Waals surface area contributed by atoms with Crippen LogP contribution in [-0.2, 0) is 25.6 Å². The number of nitrogens with zero attached hydrogens (tertiary/aromatic N) is 1. The summed E-state index contributed by atoms with van der Waals surface area (Å²) < 4.78 is 5.15. The molecular formula is C33H46N2O6. The van der Waals surface area contributed by atoms with Gasteiger partial charge in [0.15, 0.2) is 6.61 Å². The van der Waals surface area contributed by atoms with Crippen molar-refractivity contribution in [2.45, 2.75) is 97.1 Å². The number of benzene rings is 1. The molecule has 0 aromatic heterocycles. The Morgan fingerprint density at radius 3 is 2.51 bits per heavy atom. The van der Waals surface area contributed by atoms with Gasteiger partial charge in [-0.3, -0.25) is 4.79 Å². The van der Waals surface area contributed by atoms with Crippen molar-refractivity contribution in [3.05, 3.63) is 41.5 Å². The van der Waals surface area contributed by atoms with E-state index in [4.69, 9.17) is 9.57 Å². The fourth-order valence-electron chi connectivity index (χ4n) is 8.60. The van der Waals surface area contributed by atoms with Gasteiger partial charge in [-0.05, 0) is 118 Å². The fraction of sp³-hybridized carbons (Fsp3) is 0.667. The maximum atomic E-state index is 12.7. The molecule has 0 unspecified atom stereocenters. The van der Waals surface area contributed by atoms with Gasteiger partial charge < -0.3 is 25.1 Å². The number of carbonyl (C=O) groups is 2. The van der Waals surface area contributed by atoms with Gasteiger partial charge in [-0.15, -0.1) is 0 Å². The molecule has 3 N–H and O–H groups in total. The lowest BCUT2D eigenvalue weighted by Gasteiger charge is -2.59. The zero-order chi connectivity index (χ0) is 29.4. The number of carbonyl (C=O) groups excluding carboxylic acids is 2. The number of nitrogens with one attached hydrogen (secondary N) is 1. The Hall–Kier alpha value is -2.87. The van der Waals surface area contributed by atoms with Crippen LogP contribution in [0.1, 0.15) is 84.6 Å². The number of rotatable bonds is 8. The first kappa shape index (κ1) is 29.6. The van der Waals surface area contributed by atoms with Crippen LogP contribution in [-0.4, -0.2) is 52.7 Å². The van der Waals surface area contributed by atoms with Crippen LogP contribution >= 0.6 is 0 Å². The third kappa shape index (κ3) is 5.64. The molecule has 7 atom stereocenters. The Bertz CT molecular complexity index is 1210. The van der Waals surface area contributed by atoms with E-state index in [1.807, 2.05) is 0 Å². The van der Waals surface area contributed by atoms with Crippen molar-refractivity contribution in [2.75, 3.05) is 13.2 Å². The average Bonchev–Trinajstić information content (AvgIpc) is 3.18. The summed E-state index contributed by atoms with van der Waals surface area (Å²) in [5, 5.41) is 27.7. The maximum Gasteiger partial charge on any atom is 0.328 e. The quantitative estimate of drug-likeness (QED) is 0.299. The van der Waals surface area contributed by atoms with Gasteiger partial charge in [-0.25, -0.2) is 4.79 Å². The summed E-state index contributed by atoms with van der Waals surface area (Å²) in [5.41, 5.74) is 2.71. The summed E-state index contributed by atoms with van der Waals surface area (Å²) in [6.07, 6.45) is 10.8. The van der Waals surface area contributed by atoms with Crippen LogP contribution in [0.4, 0.5) is 0 Å². The Morgan fingerprint density at radius 1 is 1.05 bits per heavy atom. The van der Waals surface area contributed by atoms with Gasteiger partial charge in [0.1, 0.15) is 11.8 Å². The molecule has 8 heteroatoms. The third-order valence-electron chi connectivity index (χ3n) is 11.2. The number of phenolic OH excluding ortho intramolecular Hbond substituents is 1. The number of hydrogen-bond donors (Lipinski definition) is 3. The number of aliphatic hydroxyl groups is 1. The Balaban J connectivity index is 1.19. The smallest absolute Gasteiger partial charge is 0.328 e. The second-order valence-electron chi connectivity index (χ2n) is 13.4. The van der Waals surface area contributed by atoms with E-state index in [0.717, 1.165) is 62.6 Å². The highest BCUT2D eigenvalue weighted by atomic mass is 16.6. The molecule has 8 nitrogen and oxygen atoms in total. The lowest BCUT2D eigenvalue weighted by Crippen LogP contribution is -2.53. The fourth-order valence-corrected chi connectivity index (χ4v) is 8.60. The zero-order valence-electron chi connectivity index (χ0n) is 24.9. The Labute approximate surface area is 243 Å². The van der Waals surface area contributed by atoms with Crippen molar-refractivity contribution >= 4 is 17.6 Å². The first-order valence-corrected chi connectivity index (χ1v) is 15.3. The number of ether oxygens (including phenoxy) is 1. The number of amides is 1. The van der Waals surface area contributed by atoms with Gasteiger partial charge in [0.2, 0.25) is 0 Å². The largest absolute Gasteiger partial charge is 0.508 e. The molecule has 0 aliphatic heterocycles. The highest BCUT2D eigenvalue weighted by Crippen LogP contribution is 2.67. The van der Waals surface area contributed by atoms with Crippen LogP contribution in [0.2, 0.25) is 0 Å². The van der Waals surface area contributed by atoms with E-state index in [1.54, 1.807) is 31.2 Å². The molecule has 0 saturated heterocycles. The number of allylic oxidation sites excluding steroid dienone is 2. The number of aromatic hydroxyl groups is 1. The topological polar surface area (TPSA) is 117 Å². The number of oxime groups is 1. The van der Waals surface area contributed by atoms with E-state index in [0.29, 0.717) is 17.8 Å². The van der Waals surface area contributed by atoms with E-state index in [1.165, 1.54) is 5.57 Å². The van der Waals surface area contributed by atoms with Gasteiger partial charge in [0.05, 0.1) is 17.9 Å².